The van der Waals surface area contributed by atoms with Gasteiger partial charge in [0.15, 0.2) is 0 Å². The second-order valence-corrected chi connectivity index (χ2v) is 11.0. The van der Waals surface area contributed by atoms with Crippen molar-refractivity contribution in [3.8, 4) is 0 Å². The molecule has 3 heterocycles. The molecule has 3 aromatic rings. The third-order valence-electron chi connectivity index (χ3n) is 7.73. The summed E-state index contributed by atoms with van der Waals surface area (Å²) in [5.74, 6) is -5.04. The van der Waals surface area contributed by atoms with E-state index in [9.17, 15) is 27.2 Å². The molecular weight excluding hydrogens is 593 g/mol. The number of halogens is 6. The van der Waals surface area contributed by atoms with Crippen LogP contribution in [0.1, 0.15) is 65.0 Å². The van der Waals surface area contributed by atoms with Crippen molar-refractivity contribution in [1.82, 2.24) is 19.2 Å². The normalized spacial score (nSPS) is 21.7. The molecule has 1 amide bonds. The van der Waals surface area contributed by atoms with Crippen LogP contribution in [0.25, 0.3) is 6.20 Å². The van der Waals surface area contributed by atoms with Crippen LogP contribution in [0.3, 0.4) is 0 Å². The zero-order chi connectivity index (χ0) is 31.2. The summed E-state index contributed by atoms with van der Waals surface area (Å²) in [4.78, 5) is 31.1. The van der Waals surface area contributed by atoms with E-state index in [1.807, 2.05) is 6.92 Å². The van der Waals surface area contributed by atoms with Crippen LogP contribution in [-0.4, -0.2) is 49.9 Å². The molecular formula is C30H27ClF5N5O2. The minimum atomic E-state index is -3.00. The molecule has 7 nitrogen and oxygen atoms in total. The van der Waals surface area contributed by atoms with E-state index in [0.29, 0.717) is 21.5 Å². The lowest BCUT2D eigenvalue weighted by atomic mass is 10.0. The van der Waals surface area contributed by atoms with Gasteiger partial charge in [-0.05, 0) is 67.0 Å². The Morgan fingerprint density at radius 3 is 2.53 bits per heavy atom. The number of carbonyl (C=O) groups excluding carboxylic acids is 1. The fourth-order valence-corrected chi connectivity index (χ4v) is 5.75. The van der Waals surface area contributed by atoms with Crippen molar-refractivity contribution in [2.75, 3.05) is 13.1 Å². The van der Waals surface area contributed by atoms with E-state index in [4.69, 9.17) is 11.6 Å². The molecule has 2 aliphatic rings. The van der Waals surface area contributed by atoms with Gasteiger partial charge in [-0.15, -0.1) is 0 Å². The van der Waals surface area contributed by atoms with Crippen molar-refractivity contribution in [2.24, 2.45) is 10.9 Å². The average Bonchev–Trinajstić information content (AvgIpc) is 3.35. The number of hydrogen-bond acceptors (Lipinski definition) is 4. The smallest absolute Gasteiger partial charge is 0.326 e. The molecule has 3 atom stereocenters. The van der Waals surface area contributed by atoms with Gasteiger partial charge in [-0.1, -0.05) is 30.7 Å². The predicted molar refractivity (Wildman–Crippen MR) is 153 cm³/mol. The number of aromatic nitrogens is 3. The molecule has 2 aromatic heterocycles. The Morgan fingerprint density at radius 2 is 1.91 bits per heavy atom. The molecule has 0 spiro atoms. The quantitative estimate of drug-likeness (QED) is 0.210. The topological polar surface area (TPSA) is 72.5 Å². The molecule has 13 heteroatoms. The van der Waals surface area contributed by atoms with Crippen LogP contribution in [-0.2, 0) is 0 Å². The van der Waals surface area contributed by atoms with Crippen molar-refractivity contribution in [3.05, 3.63) is 104 Å². The number of carbonyl (C=O) groups is 1. The summed E-state index contributed by atoms with van der Waals surface area (Å²) in [5.41, 5.74) is 0.816. The van der Waals surface area contributed by atoms with Crippen molar-refractivity contribution in [2.45, 2.75) is 45.1 Å². The molecule has 43 heavy (non-hydrogen) atoms. The monoisotopic (exact) mass is 619 g/mol. The second-order valence-electron chi connectivity index (χ2n) is 10.7. The van der Waals surface area contributed by atoms with Crippen LogP contribution in [0, 0.1) is 18.7 Å². The summed E-state index contributed by atoms with van der Waals surface area (Å²) < 4.78 is 70.0. The largest absolute Gasteiger partial charge is 0.333 e. The Labute approximate surface area is 248 Å². The number of pyridine rings is 1. The van der Waals surface area contributed by atoms with Gasteiger partial charge in [-0.2, -0.15) is 13.9 Å². The first-order valence-corrected chi connectivity index (χ1v) is 13.8. The fourth-order valence-electron chi connectivity index (χ4n) is 5.48. The van der Waals surface area contributed by atoms with Crippen molar-refractivity contribution < 1.29 is 26.7 Å². The highest BCUT2D eigenvalue weighted by molar-refractivity contribution is 6.31. The lowest BCUT2D eigenvalue weighted by molar-refractivity contribution is -0.113. The number of aryl methyl sites for hydroxylation is 1. The molecule has 2 fully saturated rings. The van der Waals surface area contributed by atoms with Crippen LogP contribution < -0.4 is 5.56 Å². The Bertz CT molecular complexity index is 1720. The number of amides is 1. The van der Waals surface area contributed by atoms with E-state index in [2.05, 4.69) is 10.1 Å². The zero-order valence-electron chi connectivity index (χ0n) is 23.3. The first kappa shape index (κ1) is 30.4. The van der Waals surface area contributed by atoms with Gasteiger partial charge < -0.3 is 4.90 Å². The number of nitrogens with zero attached hydrogens (tertiary/aromatic N) is 5. The molecule has 2 unspecified atom stereocenters. The first-order valence-electron chi connectivity index (χ1n) is 13.4. The number of hydrogen-bond donors (Lipinski definition) is 0. The fraction of sp³-hybridized carbons (Fsp3) is 0.333. The van der Waals surface area contributed by atoms with E-state index < -0.39 is 42.8 Å². The maximum absolute atomic E-state index is 15.6. The highest BCUT2D eigenvalue weighted by Crippen LogP contribution is 2.61. The standard InChI is InChI=1S/C30H27ClF5N5O2/c1-4-9-37-22(19-6-5-7-20(26(19)32)27(42)39-14-30(35,36)15-39)8-10-40-16(2)11-21(25(31)28(40)43)24-17(3)23(24)18-12-38-41(13-18)29(33)34/h4-13,17,23-24,29H,14-15H2,1-3H3/b9-4+,10-8+,37-22-/t17-,23?,24?/m1/s1. The SMILES string of the molecule is C/C=C/N=C(/C=C/n1c(C)cc(C2C(c3cnn(C(F)F)c3)[C@H]2C)c(Cl)c1=O)c1cccc(C(=O)N2CC(F)(F)C2)c1F. The minimum Gasteiger partial charge on any atom is -0.326 e. The molecule has 1 aromatic carbocycles. The maximum atomic E-state index is 15.6. The molecule has 0 radical (unpaired) electrons. The van der Waals surface area contributed by atoms with Gasteiger partial charge in [0.1, 0.15) is 10.8 Å². The summed E-state index contributed by atoms with van der Waals surface area (Å²) in [6.45, 7) is 1.00. The molecule has 1 saturated carbocycles. The highest BCUT2D eigenvalue weighted by atomic mass is 35.5. The lowest BCUT2D eigenvalue weighted by Gasteiger charge is -2.38. The Hall–Kier alpha value is -4.06. The van der Waals surface area contributed by atoms with Crippen LogP contribution in [0.5, 0.6) is 0 Å². The number of benzene rings is 1. The number of alkyl halides is 4. The molecule has 1 saturated heterocycles. The van der Waals surface area contributed by atoms with Gasteiger partial charge in [0.2, 0.25) is 0 Å². The molecule has 0 bridgehead atoms. The minimum absolute atomic E-state index is 0.0343. The van der Waals surface area contributed by atoms with Gasteiger partial charge in [0.25, 0.3) is 17.4 Å². The number of likely N-dealkylation sites (tertiary alicyclic amines) is 1. The zero-order valence-corrected chi connectivity index (χ0v) is 24.1. The van der Waals surface area contributed by atoms with Crippen molar-refractivity contribution >= 4 is 29.4 Å². The molecule has 1 aliphatic heterocycles. The summed E-state index contributed by atoms with van der Waals surface area (Å²) in [5, 5.41) is 3.67. The number of aliphatic imine (C=N–C) groups is 1. The van der Waals surface area contributed by atoms with Gasteiger partial charge in [0.05, 0.1) is 30.6 Å². The van der Waals surface area contributed by atoms with Gasteiger partial charge in [-0.3, -0.25) is 19.1 Å². The molecule has 0 N–H and O–H groups in total. The number of allylic oxidation sites excluding steroid dienone is 2. The van der Waals surface area contributed by atoms with E-state index in [-0.39, 0.29) is 39.6 Å². The van der Waals surface area contributed by atoms with Crippen molar-refractivity contribution in [3.63, 3.8) is 0 Å². The van der Waals surface area contributed by atoms with E-state index in [0.717, 1.165) is 4.90 Å². The van der Waals surface area contributed by atoms with Crippen LogP contribution in [0.4, 0.5) is 22.0 Å². The summed E-state index contributed by atoms with van der Waals surface area (Å²) in [6.07, 6.45) is 8.45. The van der Waals surface area contributed by atoms with Gasteiger partial charge >= 0.3 is 6.55 Å². The predicted octanol–water partition coefficient (Wildman–Crippen LogP) is 6.64. The third-order valence-corrected chi connectivity index (χ3v) is 8.11. The first-order chi connectivity index (χ1) is 20.3. The van der Waals surface area contributed by atoms with Crippen LogP contribution in [0.15, 0.2) is 64.8 Å². The second kappa shape index (κ2) is 11.6. The van der Waals surface area contributed by atoms with Gasteiger partial charge in [0, 0.05) is 29.9 Å². The highest BCUT2D eigenvalue weighted by Gasteiger charge is 2.50. The van der Waals surface area contributed by atoms with E-state index in [1.165, 1.54) is 53.6 Å². The lowest BCUT2D eigenvalue weighted by Crippen LogP contribution is -2.58. The van der Waals surface area contributed by atoms with Gasteiger partial charge in [-0.25, -0.2) is 17.9 Å². The Kier molecular flexibility index (Phi) is 8.17. The summed E-state index contributed by atoms with van der Waals surface area (Å²) >= 11 is 6.54. The van der Waals surface area contributed by atoms with Crippen LogP contribution >= 0.6 is 11.6 Å². The third kappa shape index (κ3) is 5.80. The molecule has 5 rings (SSSR count). The summed E-state index contributed by atoms with van der Waals surface area (Å²) in [6, 6.07) is 5.77. The van der Waals surface area contributed by atoms with E-state index >= 15 is 4.39 Å². The Morgan fingerprint density at radius 1 is 1.21 bits per heavy atom. The number of rotatable bonds is 8. The van der Waals surface area contributed by atoms with Crippen LogP contribution in [0.2, 0.25) is 5.02 Å². The average molecular weight is 620 g/mol. The van der Waals surface area contributed by atoms with Crippen molar-refractivity contribution in [1.29, 1.82) is 0 Å². The Balaban J connectivity index is 1.44. The maximum Gasteiger partial charge on any atom is 0.333 e. The van der Waals surface area contributed by atoms with E-state index in [1.54, 1.807) is 26.0 Å². The summed E-state index contributed by atoms with van der Waals surface area (Å²) in [7, 11) is 0. The molecule has 1 aliphatic carbocycles. The molecule has 226 valence electrons.